The number of hydrogen-bond acceptors (Lipinski definition) is 3. The maximum Gasteiger partial charge on any atom is 0.228 e. The third-order valence-corrected chi connectivity index (χ3v) is 2.50. The van der Waals surface area contributed by atoms with E-state index in [0.717, 1.165) is 6.07 Å². The van der Waals surface area contributed by atoms with Gasteiger partial charge in [0.15, 0.2) is 0 Å². The number of halogens is 1. The van der Waals surface area contributed by atoms with Crippen LogP contribution in [0.4, 0.5) is 10.1 Å². The lowest BCUT2D eigenvalue weighted by Crippen LogP contribution is -2.15. The molecule has 3 N–H and O–H groups in total. The highest BCUT2D eigenvalue weighted by Crippen LogP contribution is 2.19. The third-order valence-electron chi connectivity index (χ3n) is 2.50. The van der Waals surface area contributed by atoms with Crippen molar-refractivity contribution in [3.63, 3.8) is 0 Å². The number of nitrogens with one attached hydrogen (secondary N) is 1. The van der Waals surface area contributed by atoms with Crippen molar-refractivity contribution in [2.75, 3.05) is 5.32 Å². The molecule has 98 valence electrons. The average Bonchev–Trinajstić information content (AvgIpc) is 2.33. The smallest absolute Gasteiger partial charge is 0.228 e. The van der Waals surface area contributed by atoms with Crippen LogP contribution in [0.2, 0.25) is 0 Å². The van der Waals surface area contributed by atoms with Gasteiger partial charge < -0.3 is 15.5 Å². The highest BCUT2D eigenvalue weighted by molar-refractivity contribution is 5.92. The largest absolute Gasteiger partial charge is 0.508 e. The Morgan fingerprint density at radius 2 is 1.84 bits per heavy atom. The zero-order valence-corrected chi connectivity index (χ0v) is 9.93. The summed E-state index contributed by atoms with van der Waals surface area (Å²) >= 11 is 0. The molecule has 0 heterocycles. The molecule has 0 atom stereocenters. The van der Waals surface area contributed by atoms with Gasteiger partial charge in [0, 0.05) is 6.07 Å². The predicted octanol–water partition coefficient (Wildman–Crippen LogP) is 2.42. The van der Waals surface area contributed by atoms with Crippen LogP contribution in [-0.2, 0) is 11.2 Å². The van der Waals surface area contributed by atoms with Gasteiger partial charge in [0.25, 0.3) is 0 Å². The van der Waals surface area contributed by atoms with Crippen molar-refractivity contribution in [2.24, 2.45) is 0 Å². The first kappa shape index (κ1) is 12.9. The second-order valence-electron chi connectivity index (χ2n) is 4.06. The molecule has 2 aromatic carbocycles. The molecule has 0 aliphatic heterocycles. The average molecular weight is 261 g/mol. The predicted molar refractivity (Wildman–Crippen MR) is 68.5 cm³/mol. The minimum Gasteiger partial charge on any atom is -0.508 e. The number of rotatable bonds is 3. The van der Waals surface area contributed by atoms with E-state index in [1.54, 1.807) is 12.1 Å². The number of phenols is 2. The highest BCUT2D eigenvalue weighted by Gasteiger charge is 2.08. The second kappa shape index (κ2) is 5.39. The molecule has 0 spiro atoms. The summed E-state index contributed by atoms with van der Waals surface area (Å²) in [6.45, 7) is 0. The normalized spacial score (nSPS) is 10.2. The van der Waals surface area contributed by atoms with Gasteiger partial charge in [-0.25, -0.2) is 4.39 Å². The molecule has 0 aromatic heterocycles. The van der Waals surface area contributed by atoms with Gasteiger partial charge in [-0.15, -0.1) is 0 Å². The number of carbonyl (C=O) groups excluding carboxylic acids is 1. The van der Waals surface area contributed by atoms with Crippen LogP contribution in [0.25, 0.3) is 0 Å². The summed E-state index contributed by atoms with van der Waals surface area (Å²) in [7, 11) is 0. The fraction of sp³-hybridized carbons (Fsp3) is 0.0714. The summed E-state index contributed by atoms with van der Waals surface area (Å²) < 4.78 is 13.4. The molecule has 0 aliphatic carbocycles. The van der Waals surface area contributed by atoms with Gasteiger partial charge in [-0.05, 0) is 29.8 Å². The van der Waals surface area contributed by atoms with Crippen molar-refractivity contribution < 1.29 is 19.4 Å². The van der Waals surface area contributed by atoms with Crippen molar-refractivity contribution in [1.82, 2.24) is 0 Å². The maximum atomic E-state index is 13.4. The minimum atomic E-state index is -0.704. The number of phenolic OH excluding ortho intramolecular Hbond substituents is 2. The first-order chi connectivity index (χ1) is 9.04. The molecule has 5 heteroatoms. The number of anilines is 1. The van der Waals surface area contributed by atoms with Gasteiger partial charge in [0.05, 0.1) is 12.1 Å². The molecule has 0 unspecified atom stereocenters. The Balaban J connectivity index is 2.05. The summed E-state index contributed by atoms with van der Waals surface area (Å²) in [5, 5.41) is 20.7. The number of carbonyl (C=O) groups is 1. The van der Waals surface area contributed by atoms with Crippen LogP contribution in [0.5, 0.6) is 11.5 Å². The summed E-state index contributed by atoms with van der Waals surface area (Å²) in [6, 6.07) is 9.77. The van der Waals surface area contributed by atoms with Gasteiger partial charge >= 0.3 is 0 Å². The standard InChI is InChI=1S/C14H12FNO3/c15-12-8-11(18)4-5-13(12)16-14(19)7-9-2-1-3-10(17)6-9/h1-6,8,17-18H,7H2,(H,16,19). The molecule has 0 radical (unpaired) electrons. The Bertz CT molecular complexity index is 613. The molecule has 0 saturated carbocycles. The molecule has 2 aromatic rings. The van der Waals surface area contributed by atoms with E-state index in [4.69, 9.17) is 5.11 Å². The Kier molecular flexibility index (Phi) is 3.66. The zero-order chi connectivity index (χ0) is 13.8. The lowest BCUT2D eigenvalue weighted by Gasteiger charge is -2.07. The van der Waals surface area contributed by atoms with E-state index >= 15 is 0 Å². The Labute approximate surface area is 109 Å². The minimum absolute atomic E-state index is 0.00273. The van der Waals surface area contributed by atoms with Crippen molar-refractivity contribution in [3.05, 3.63) is 53.8 Å². The number of hydrogen-bond donors (Lipinski definition) is 3. The molecule has 0 bridgehead atoms. The number of benzene rings is 2. The van der Waals surface area contributed by atoms with Crippen LogP contribution in [0.1, 0.15) is 5.56 Å². The highest BCUT2D eigenvalue weighted by atomic mass is 19.1. The first-order valence-corrected chi connectivity index (χ1v) is 5.61. The summed E-state index contributed by atoms with van der Waals surface area (Å²) in [4.78, 5) is 11.7. The van der Waals surface area contributed by atoms with Crippen molar-refractivity contribution in [2.45, 2.75) is 6.42 Å². The van der Waals surface area contributed by atoms with Gasteiger partial charge in [0.1, 0.15) is 17.3 Å². The summed E-state index contributed by atoms with van der Waals surface area (Å²) in [5.41, 5.74) is 0.625. The van der Waals surface area contributed by atoms with Gasteiger partial charge in [-0.3, -0.25) is 4.79 Å². The molecule has 19 heavy (non-hydrogen) atoms. The van der Waals surface area contributed by atoms with E-state index in [1.807, 2.05) is 0 Å². The van der Waals surface area contributed by atoms with Crippen LogP contribution in [0, 0.1) is 5.82 Å². The first-order valence-electron chi connectivity index (χ1n) is 5.61. The van der Waals surface area contributed by atoms with E-state index in [9.17, 15) is 14.3 Å². The van der Waals surface area contributed by atoms with E-state index < -0.39 is 11.7 Å². The van der Waals surface area contributed by atoms with Crippen molar-refractivity contribution >= 4 is 11.6 Å². The van der Waals surface area contributed by atoms with E-state index in [0.29, 0.717) is 5.56 Å². The molecule has 2 rings (SSSR count). The van der Waals surface area contributed by atoms with Gasteiger partial charge in [-0.2, -0.15) is 0 Å². The van der Waals surface area contributed by atoms with Crippen LogP contribution in [-0.4, -0.2) is 16.1 Å². The van der Waals surface area contributed by atoms with Crippen LogP contribution in [0.15, 0.2) is 42.5 Å². The van der Waals surface area contributed by atoms with Gasteiger partial charge in [0.2, 0.25) is 5.91 Å². The maximum absolute atomic E-state index is 13.4. The van der Waals surface area contributed by atoms with Gasteiger partial charge in [-0.1, -0.05) is 12.1 Å². The fourth-order valence-electron chi connectivity index (χ4n) is 1.65. The quantitative estimate of drug-likeness (QED) is 0.743. The monoisotopic (exact) mass is 261 g/mol. The van der Waals surface area contributed by atoms with Crippen molar-refractivity contribution in [1.29, 1.82) is 0 Å². The Hall–Kier alpha value is -2.56. The SMILES string of the molecule is O=C(Cc1cccc(O)c1)Nc1ccc(O)cc1F. The molecule has 4 nitrogen and oxygen atoms in total. The van der Waals surface area contributed by atoms with Crippen LogP contribution < -0.4 is 5.32 Å². The number of amides is 1. The van der Waals surface area contributed by atoms with Crippen LogP contribution >= 0.6 is 0 Å². The second-order valence-corrected chi connectivity index (χ2v) is 4.06. The molecule has 0 saturated heterocycles. The molecule has 0 fully saturated rings. The van der Waals surface area contributed by atoms with Crippen LogP contribution in [0.3, 0.4) is 0 Å². The summed E-state index contributed by atoms with van der Waals surface area (Å²) in [5.74, 6) is -1.25. The van der Waals surface area contributed by atoms with E-state index in [1.165, 1.54) is 24.3 Å². The Morgan fingerprint density at radius 3 is 2.53 bits per heavy atom. The van der Waals surface area contributed by atoms with E-state index in [2.05, 4.69) is 5.32 Å². The fourth-order valence-corrected chi connectivity index (χ4v) is 1.65. The third kappa shape index (κ3) is 3.45. The zero-order valence-electron chi connectivity index (χ0n) is 9.93. The lowest BCUT2D eigenvalue weighted by molar-refractivity contribution is -0.115. The van der Waals surface area contributed by atoms with E-state index in [-0.39, 0.29) is 23.6 Å². The lowest BCUT2D eigenvalue weighted by atomic mass is 10.1. The summed E-state index contributed by atoms with van der Waals surface area (Å²) in [6.07, 6.45) is 0.0225. The molecular weight excluding hydrogens is 249 g/mol. The number of aromatic hydroxyl groups is 2. The van der Waals surface area contributed by atoms with Crippen molar-refractivity contribution in [3.8, 4) is 11.5 Å². The molecule has 0 aliphatic rings. The Morgan fingerprint density at radius 1 is 1.11 bits per heavy atom. The molecular formula is C14H12FNO3. The molecule has 1 amide bonds. The topological polar surface area (TPSA) is 69.6 Å².